The molecule has 128 valence electrons. The molecule has 0 bridgehead atoms. The van der Waals surface area contributed by atoms with Gasteiger partial charge in [-0.15, -0.1) is 11.3 Å². The van der Waals surface area contributed by atoms with Crippen molar-refractivity contribution < 1.29 is 18.7 Å². The zero-order valence-corrected chi connectivity index (χ0v) is 14.3. The SMILES string of the molecule is COC(=O)c1sccc1CNC1(c2ccc(F)cc2)CCOCC1. The van der Waals surface area contributed by atoms with Crippen LogP contribution in [0.15, 0.2) is 35.7 Å². The van der Waals surface area contributed by atoms with Crippen LogP contribution in [0.4, 0.5) is 4.39 Å². The van der Waals surface area contributed by atoms with Gasteiger partial charge in [-0.3, -0.25) is 0 Å². The Morgan fingerprint density at radius 1 is 1.29 bits per heavy atom. The van der Waals surface area contributed by atoms with Crippen LogP contribution in [0.2, 0.25) is 0 Å². The molecule has 1 aliphatic rings. The summed E-state index contributed by atoms with van der Waals surface area (Å²) in [5.41, 5.74) is 1.68. The van der Waals surface area contributed by atoms with Gasteiger partial charge < -0.3 is 14.8 Å². The second-order valence-electron chi connectivity index (χ2n) is 5.82. The van der Waals surface area contributed by atoms with Crippen molar-refractivity contribution in [1.82, 2.24) is 5.32 Å². The number of ether oxygens (including phenoxy) is 2. The predicted molar refractivity (Wildman–Crippen MR) is 90.6 cm³/mol. The molecule has 3 rings (SSSR count). The van der Waals surface area contributed by atoms with E-state index in [1.165, 1.54) is 30.6 Å². The highest BCUT2D eigenvalue weighted by molar-refractivity contribution is 7.12. The number of carbonyl (C=O) groups excluding carboxylic acids is 1. The molecule has 0 radical (unpaired) electrons. The van der Waals surface area contributed by atoms with Crippen molar-refractivity contribution in [2.75, 3.05) is 20.3 Å². The van der Waals surface area contributed by atoms with Gasteiger partial charge in [-0.2, -0.15) is 0 Å². The van der Waals surface area contributed by atoms with E-state index in [1.54, 1.807) is 0 Å². The molecule has 24 heavy (non-hydrogen) atoms. The Kier molecular flexibility index (Phi) is 5.28. The highest BCUT2D eigenvalue weighted by atomic mass is 32.1. The Morgan fingerprint density at radius 2 is 2.00 bits per heavy atom. The lowest BCUT2D eigenvalue weighted by Gasteiger charge is -2.39. The first-order valence-corrected chi connectivity index (χ1v) is 8.76. The van der Waals surface area contributed by atoms with Crippen molar-refractivity contribution >= 4 is 17.3 Å². The summed E-state index contributed by atoms with van der Waals surface area (Å²) in [6, 6.07) is 8.55. The summed E-state index contributed by atoms with van der Waals surface area (Å²) in [6.07, 6.45) is 1.60. The number of benzene rings is 1. The van der Waals surface area contributed by atoms with Crippen molar-refractivity contribution in [1.29, 1.82) is 0 Å². The van der Waals surface area contributed by atoms with Gasteiger partial charge in [0.2, 0.25) is 0 Å². The van der Waals surface area contributed by atoms with Crippen molar-refractivity contribution in [3.8, 4) is 0 Å². The molecule has 0 atom stereocenters. The van der Waals surface area contributed by atoms with Crippen LogP contribution in [0.25, 0.3) is 0 Å². The molecule has 0 saturated carbocycles. The smallest absolute Gasteiger partial charge is 0.348 e. The lowest BCUT2D eigenvalue weighted by atomic mass is 9.82. The molecule has 1 aromatic heterocycles. The van der Waals surface area contributed by atoms with Crippen molar-refractivity contribution in [3.05, 3.63) is 57.5 Å². The number of rotatable bonds is 5. The Labute approximate surface area is 144 Å². The number of carbonyl (C=O) groups is 1. The second-order valence-corrected chi connectivity index (χ2v) is 6.74. The molecule has 0 spiro atoms. The summed E-state index contributed by atoms with van der Waals surface area (Å²) in [6.45, 7) is 1.85. The Hall–Kier alpha value is -1.76. The van der Waals surface area contributed by atoms with E-state index in [-0.39, 0.29) is 17.3 Å². The van der Waals surface area contributed by atoms with E-state index in [9.17, 15) is 9.18 Å². The van der Waals surface area contributed by atoms with Crippen molar-refractivity contribution in [2.24, 2.45) is 0 Å². The molecule has 0 unspecified atom stereocenters. The number of hydrogen-bond donors (Lipinski definition) is 1. The molecule has 6 heteroatoms. The van der Waals surface area contributed by atoms with E-state index in [1.807, 2.05) is 23.6 Å². The molecule has 0 amide bonds. The summed E-state index contributed by atoms with van der Waals surface area (Å²) >= 11 is 1.38. The van der Waals surface area contributed by atoms with Crippen LogP contribution < -0.4 is 5.32 Å². The van der Waals surface area contributed by atoms with E-state index < -0.39 is 0 Å². The summed E-state index contributed by atoms with van der Waals surface area (Å²) in [4.78, 5) is 12.4. The van der Waals surface area contributed by atoms with Gasteiger partial charge in [0.15, 0.2) is 0 Å². The van der Waals surface area contributed by atoms with Gasteiger partial charge in [0.25, 0.3) is 0 Å². The fourth-order valence-corrected chi connectivity index (χ4v) is 3.91. The molecule has 4 nitrogen and oxygen atoms in total. The molecule has 1 N–H and O–H groups in total. The quantitative estimate of drug-likeness (QED) is 0.840. The first kappa shape index (κ1) is 17.1. The molecular formula is C18H20FNO3S. The zero-order chi connectivity index (χ0) is 17.0. The number of thiophene rings is 1. The first-order chi connectivity index (χ1) is 11.6. The number of halogens is 1. The zero-order valence-electron chi connectivity index (χ0n) is 13.5. The van der Waals surface area contributed by atoms with Crippen molar-refractivity contribution in [3.63, 3.8) is 0 Å². The maximum atomic E-state index is 13.3. The topological polar surface area (TPSA) is 47.6 Å². The van der Waals surface area contributed by atoms with Crippen molar-refractivity contribution in [2.45, 2.75) is 24.9 Å². The fraction of sp³-hybridized carbons (Fsp3) is 0.389. The highest BCUT2D eigenvalue weighted by Gasteiger charge is 2.34. The molecular weight excluding hydrogens is 329 g/mol. The standard InChI is InChI=1S/C18H20FNO3S/c1-22-17(21)16-13(6-11-24-16)12-20-18(7-9-23-10-8-18)14-2-4-15(19)5-3-14/h2-6,11,20H,7-10,12H2,1H3. The average molecular weight is 349 g/mol. The van der Waals surface area contributed by atoms with E-state index in [4.69, 9.17) is 9.47 Å². The van der Waals surface area contributed by atoms with E-state index in [0.29, 0.717) is 24.6 Å². The van der Waals surface area contributed by atoms with Gasteiger partial charge in [-0.1, -0.05) is 12.1 Å². The first-order valence-electron chi connectivity index (χ1n) is 7.88. The van der Waals surface area contributed by atoms with Crippen LogP contribution in [0, 0.1) is 5.82 Å². The third-order valence-electron chi connectivity index (χ3n) is 4.48. The Balaban J connectivity index is 1.82. The van der Waals surface area contributed by atoms with Gasteiger partial charge >= 0.3 is 5.97 Å². The molecule has 1 fully saturated rings. The van der Waals surface area contributed by atoms with Gasteiger partial charge in [0, 0.05) is 25.3 Å². The minimum atomic E-state index is -0.315. The number of hydrogen-bond acceptors (Lipinski definition) is 5. The third-order valence-corrected chi connectivity index (χ3v) is 5.41. The minimum absolute atomic E-state index is 0.244. The van der Waals surface area contributed by atoms with Crippen LogP contribution in [-0.2, 0) is 21.6 Å². The Morgan fingerprint density at radius 3 is 2.67 bits per heavy atom. The number of esters is 1. The number of methoxy groups -OCH3 is 1. The van der Waals surface area contributed by atoms with Gasteiger partial charge in [0.05, 0.1) is 7.11 Å². The average Bonchev–Trinajstić information content (AvgIpc) is 3.09. The summed E-state index contributed by atoms with van der Waals surface area (Å²) in [5.74, 6) is -0.559. The molecule has 1 saturated heterocycles. The Bertz CT molecular complexity index is 693. The molecule has 1 aromatic carbocycles. The third kappa shape index (κ3) is 3.50. The highest BCUT2D eigenvalue weighted by Crippen LogP contribution is 2.33. The van der Waals surface area contributed by atoms with Crippen LogP contribution in [0.5, 0.6) is 0 Å². The van der Waals surface area contributed by atoms with Gasteiger partial charge in [-0.05, 0) is 47.5 Å². The normalized spacial score (nSPS) is 16.8. The summed E-state index contributed by atoms with van der Waals surface area (Å²) < 4.78 is 23.6. The monoisotopic (exact) mass is 349 g/mol. The van der Waals surface area contributed by atoms with Crippen LogP contribution >= 0.6 is 11.3 Å². The van der Waals surface area contributed by atoms with E-state index >= 15 is 0 Å². The molecule has 2 aromatic rings. The predicted octanol–water partition coefficient (Wildman–Crippen LogP) is 3.47. The van der Waals surface area contributed by atoms with Crippen LogP contribution in [-0.4, -0.2) is 26.3 Å². The maximum Gasteiger partial charge on any atom is 0.348 e. The summed E-state index contributed by atoms with van der Waals surface area (Å²) in [7, 11) is 1.39. The lowest BCUT2D eigenvalue weighted by molar-refractivity contribution is 0.0356. The summed E-state index contributed by atoms with van der Waals surface area (Å²) in [5, 5.41) is 5.48. The largest absolute Gasteiger partial charge is 0.465 e. The molecule has 0 aliphatic carbocycles. The van der Waals surface area contributed by atoms with Crippen LogP contribution in [0.3, 0.4) is 0 Å². The van der Waals surface area contributed by atoms with E-state index in [0.717, 1.165) is 24.0 Å². The van der Waals surface area contributed by atoms with E-state index in [2.05, 4.69) is 5.32 Å². The number of nitrogens with one attached hydrogen (secondary N) is 1. The molecule has 1 aliphatic heterocycles. The second kappa shape index (κ2) is 7.42. The van der Waals surface area contributed by atoms with Gasteiger partial charge in [0.1, 0.15) is 10.7 Å². The minimum Gasteiger partial charge on any atom is -0.465 e. The lowest BCUT2D eigenvalue weighted by Crippen LogP contribution is -2.46. The fourth-order valence-electron chi connectivity index (χ4n) is 3.07. The van der Waals surface area contributed by atoms with Gasteiger partial charge in [-0.25, -0.2) is 9.18 Å². The maximum absolute atomic E-state index is 13.3. The molecule has 2 heterocycles. The van der Waals surface area contributed by atoms with Crippen LogP contribution in [0.1, 0.15) is 33.6 Å².